The van der Waals surface area contributed by atoms with E-state index in [0.29, 0.717) is 18.8 Å². The van der Waals surface area contributed by atoms with Gasteiger partial charge in [-0.3, -0.25) is 4.79 Å². The van der Waals surface area contributed by atoms with Crippen molar-refractivity contribution in [2.45, 2.75) is 51.4 Å². The number of aryl methyl sites for hydroxylation is 1. The molecule has 2 saturated heterocycles. The van der Waals surface area contributed by atoms with Crippen LogP contribution in [0.2, 0.25) is 0 Å². The first kappa shape index (κ1) is 13.8. The van der Waals surface area contributed by atoms with E-state index >= 15 is 0 Å². The van der Waals surface area contributed by atoms with Gasteiger partial charge in [0.05, 0.1) is 12.5 Å². The lowest BCUT2D eigenvalue weighted by Crippen LogP contribution is -2.44. The summed E-state index contributed by atoms with van der Waals surface area (Å²) in [7, 11) is 0. The average Bonchev–Trinajstić information content (AvgIpc) is 3.17. The van der Waals surface area contributed by atoms with E-state index in [4.69, 9.17) is 0 Å². The van der Waals surface area contributed by atoms with Gasteiger partial charge in [0.25, 0.3) is 0 Å². The molecule has 2 fully saturated rings. The number of rotatable bonds is 4. The molecule has 3 heterocycles. The number of carboxylic acids is 1. The van der Waals surface area contributed by atoms with Crippen molar-refractivity contribution in [1.29, 1.82) is 0 Å². The van der Waals surface area contributed by atoms with E-state index in [0.717, 1.165) is 19.4 Å². The Hall–Kier alpha value is -2.12. The molecule has 8 heteroatoms. The minimum atomic E-state index is -0.800. The Morgan fingerprint density at radius 2 is 2.29 bits per heavy atom. The Morgan fingerprint density at radius 1 is 1.48 bits per heavy atom. The van der Waals surface area contributed by atoms with Crippen molar-refractivity contribution >= 4 is 12.0 Å². The topological polar surface area (TPSA) is 100 Å². The summed E-state index contributed by atoms with van der Waals surface area (Å²) in [4.78, 5) is 25.3. The van der Waals surface area contributed by atoms with Gasteiger partial charge in [0.2, 0.25) is 0 Å². The average molecular weight is 293 g/mol. The SMILES string of the molecule is CCn1cnnc1CNC(=O)N1C2CCC1C(C(=O)O)C2. The molecule has 0 saturated carbocycles. The summed E-state index contributed by atoms with van der Waals surface area (Å²) < 4.78 is 1.86. The molecule has 0 radical (unpaired) electrons. The summed E-state index contributed by atoms with van der Waals surface area (Å²) in [5.74, 6) is -0.522. The van der Waals surface area contributed by atoms with E-state index in [1.54, 1.807) is 11.2 Å². The van der Waals surface area contributed by atoms with Gasteiger partial charge in [0, 0.05) is 18.6 Å². The molecule has 21 heavy (non-hydrogen) atoms. The van der Waals surface area contributed by atoms with E-state index in [1.165, 1.54) is 0 Å². The smallest absolute Gasteiger partial charge is 0.318 e. The Balaban J connectivity index is 1.63. The largest absolute Gasteiger partial charge is 0.481 e. The highest BCUT2D eigenvalue weighted by molar-refractivity contribution is 5.79. The summed E-state index contributed by atoms with van der Waals surface area (Å²) in [6.07, 6.45) is 3.87. The maximum atomic E-state index is 12.3. The zero-order valence-electron chi connectivity index (χ0n) is 11.9. The van der Waals surface area contributed by atoms with Gasteiger partial charge >= 0.3 is 12.0 Å². The summed E-state index contributed by atoms with van der Waals surface area (Å²) in [6, 6.07) is -0.311. The van der Waals surface area contributed by atoms with E-state index in [-0.39, 0.29) is 18.1 Å². The first-order valence-electron chi connectivity index (χ1n) is 7.27. The van der Waals surface area contributed by atoms with Crippen molar-refractivity contribution in [3.8, 4) is 0 Å². The Morgan fingerprint density at radius 3 is 2.95 bits per heavy atom. The second kappa shape index (κ2) is 5.34. The van der Waals surface area contributed by atoms with Gasteiger partial charge in [-0.05, 0) is 26.2 Å². The van der Waals surface area contributed by atoms with Gasteiger partial charge in [-0.2, -0.15) is 0 Å². The minimum absolute atomic E-state index is 0.0557. The van der Waals surface area contributed by atoms with Gasteiger partial charge in [-0.1, -0.05) is 0 Å². The van der Waals surface area contributed by atoms with Crippen LogP contribution in [0.3, 0.4) is 0 Å². The van der Waals surface area contributed by atoms with Crippen molar-refractivity contribution in [2.24, 2.45) is 5.92 Å². The zero-order chi connectivity index (χ0) is 15.0. The molecule has 8 nitrogen and oxygen atoms in total. The summed E-state index contributed by atoms with van der Waals surface area (Å²) >= 11 is 0. The van der Waals surface area contributed by atoms with Crippen LogP contribution in [0.15, 0.2) is 6.33 Å². The summed E-state index contributed by atoms with van der Waals surface area (Å²) in [6.45, 7) is 3.03. The molecule has 2 N–H and O–H groups in total. The van der Waals surface area contributed by atoms with E-state index in [9.17, 15) is 14.7 Å². The first-order chi connectivity index (χ1) is 10.1. The second-order valence-corrected chi connectivity index (χ2v) is 5.58. The molecule has 114 valence electrons. The van der Waals surface area contributed by atoms with Crippen LogP contribution in [0.25, 0.3) is 0 Å². The third-order valence-corrected chi connectivity index (χ3v) is 4.52. The van der Waals surface area contributed by atoms with Crippen molar-refractivity contribution < 1.29 is 14.7 Å². The number of hydrogen-bond acceptors (Lipinski definition) is 4. The number of nitrogens with one attached hydrogen (secondary N) is 1. The molecule has 1 aromatic heterocycles. The lowest BCUT2D eigenvalue weighted by atomic mass is 9.89. The van der Waals surface area contributed by atoms with Crippen LogP contribution in [0.4, 0.5) is 4.79 Å². The number of carbonyl (C=O) groups is 2. The summed E-state index contributed by atoms with van der Waals surface area (Å²) in [5, 5.41) is 19.8. The highest BCUT2D eigenvalue weighted by Gasteiger charge is 2.51. The lowest BCUT2D eigenvalue weighted by molar-refractivity contribution is -0.142. The number of hydrogen-bond donors (Lipinski definition) is 2. The molecular weight excluding hydrogens is 274 g/mol. The van der Waals surface area contributed by atoms with Crippen LogP contribution in [0, 0.1) is 5.92 Å². The van der Waals surface area contributed by atoms with Gasteiger partial charge in [-0.15, -0.1) is 10.2 Å². The van der Waals surface area contributed by atoms with Crippen molar-refractivity contribution in [3.63, 3.8) is 0 Å². The zero-order valence-corrected chi connectivity index (χ0v) is 11.9. The molecule has 3 atom stereocenters. The van der Waals surface area contributed by atoms with E-state index < -0.39 is 11.9 Å². The van der Waals surface area contributed by atoms with Crippen molar-refractivity contribution in [1.82, 2.24) is 25.0 Å². The van der Waals surface area contributed by atoms with Gasteiger partial charge in [0.1, 0.15) is 6.33 Å². The van der Waals surface area contributed by atoms with Crippen LogP contribution in [-0.2, 0) is 17.9 Å². The third kappa shape index (κ3) is 2.34. The number of amides is 2. The van der Waals surface area contributed by atoms with Gasteiger partial charge in [0.15, 0.2) is 5.82 Å². The number of carboxylic acid groups (broad SMARTS) is 1. The fourth-order valence-electron chi connectivity index (χ4n) is 3.50. The van der Waals surface area contributed by atoms with Crippen LogP contribution >= 0.6 is 0 Å². The molecular formula is C13H19N5O3. The second-order valence-electron chi connectivity index (χ2n) is 5.58. The molecule has 2 amide bonds. The Bertz CT molecular complexity index is 558. The third-order valence-electron chi connectivity index (χ3n) is 4.52. The molecule has 2 aliphatic heterocycles. The standard InChI is InChI=1S/C13H19N5O3/c1-2-17-7-15-16-11(17)6-14-13(21)18-8-3-4-10(18)9(5-8)12(19)20/h7-10H,2-6H2,1H3,(H,14,21)(H,19,20). The molecule has 2 bridgehead atoms. The molecule has 0 aliphatic carbocycles. The van der Waals surface area contributed by atoms with Gasteiger partial charge < -0.3 is 19.9 Å². The molecule has 2 aliphatic rings. The molecule has 1 aromatic rings. The predicted octanol–water partition coefficient (Wildman–Crippen LogP) is 0.445. The highest BCUT2D eigenvalue weighted by atomic mass is 16.4. The lowest BCUT2D eigenvalue weighted by Gasteiger charge is -2.23. The van der Waals surface area contributed by atoms with E-state index in [1.807, 2.05) is 11.5 Å². The number of carbonyl (C=O) groups excluding carboxylic acids is 1. The van der Waals surface area contributed by atoms with Crippen LogP contribution in [0.1, 0.15) is 32.0 Å². The molecule has 0 aromatic carbocycles. The molecule has 3 unspecified atom stereocenters. The van der Waals surface area contributed by atoms with Crippen molar-refractivity contribution in [2.75, 3.05) is 0 Å². The highest BCUT2D eigenvalue weighted by Crippen LogP contribution is 2.41. The number of aromatic nitrogens is 3. The predicted molar refractivity (Wildman–Crippen MR) is 72.3 cm³/mol. The number of fused-ring (bicyclic) bond motifs is 2. The number of nitrogens with zero attached hydrogens (tertiary/aromatic N) is 4. The van der Waals surface area contributed by atoms with Crippen molar-refractivity contribution in [3.05, 3.63) is 12.2 Å². The normalized spacial score (nSPS) is 27.1. The molecule has 0 spiro atoms. The fraction of sp³-hybridized carbons (Fsp3) is 0.692. The van der Waals surface area contributed by atoms with Crippen LogP contribution < -0.4 is 5.32 Å². The number of aliphatic carboxylic acids is 1. The Labute approximate surface area is 122 Å². The monoisotopic (exact) mass is 293 g/mol. The first-order valence-corrected chi connectivity index (χ1v) is 7.27. The van der Waals surface area contributed by atoms with Crippen LogP contribution in [-0.4, -0.2) is 48.9 Å². The Kier molecular flexibility index (Phi) is 3.52. The maximum Gasteiger partial charge on any atom is 0.318 e. The minimum Gasteiger partial charge on any atom is -0.481 e. The summed E-state index contributed by atoms with van der Waals surface area (Å²) in [5.41, 5.74) is 0. The molecule has 3 rings (SSSR count). The number of urea groups is 1. The van der Waals surface area contributed by atoms with E-state index in [2.05, 4.69) is 15.5 Å². The maximum absolute atomic E-state index is 12.3. The fourth-order valence-corrected chi connectivity index (χ4v) is 3.50. The quantitative estimate of drug-likeness (QED) is 0.839. The van der Waals surface area contributed by atoms with Gasteiger partial charge in [-0.25, -0.2) is 4.79 Å². The van der Waals surface area contributed by atoms with Crippen LogP contribution in [0.5, 0.6) is 0 Å².